The zero-order valence-electron chi connectivity index (χ0n) is 11.5. The number of methoxy groups -OCH3 is 1. The molecule has 0 saturated carbocycles. The van der Waals surface area contributed by atoms with Crippen molar-refractivity contribution >= 4 is 27.0 Å². The number of fused-ring (bicyclic) bond motifs is 1. The van der Waals surface area contributed by atoms with Gasteiger partial charge in [0.2, 0.25) is 0 Å². The molecular formula is C14H19BrN2O2. The quantitative estimate of drug-likeness (QED) is 0.918. The Morgan fingerprint density at radius 1 is 1.42 bits per heavy atom. The topological polar surface area (TPSA) is 47.3 Å². The molecule has 2 rings (SSSR count). The molecule has 1 N–H and O–H groups in total. The summed E-state index contributed by atoms with van der Waals surface area (Å²) in [5.41, 5.74) is 1.81. The fourth-order valence-corrected chi connectivity index (χ4v) is 2.39. The number of hydrogen-bond donors (Lipinski definition) is 1. The number of imidazole rings is 1. The van der Waals surface area contributed by atoms with E-state index in [0.29, 0.717) is 13.2 Å². The largest absolute Gasteiger partial charge is 0.396 e. The Bertz CT molecular complexity index is 578. The van der Waals surface area contributed by atoms with Gasteiger partial charge in [0.15, 0.2) is 0 Å². The first-order chi connectivity index (χ1) is 8.96. The van der Waals surface area contributed by atoms with Gasteiger partial charge in [0.05, 0.1) is 11.0 Å². The molecule has 4 nitrogen and oxygen atoms in total. The second-order valence-corrected chi connectivity index (χ2v) is 6.42. The lowest BCUT2D eigenvalue weighted by Gasteiger charge is -2.23. The van der Waals surface area contributed by atoms with Crippen LogP contribution in [0.4, 0.5) is 0 Å². The average Bonchev–Trinajstić information content (AvgIpc) is 2.68. The number of aromatic nitrogens is 2. The summed E-state index contributed by atoms with van der Waals surface area (Å²) in [6.07, 6.45) is 0. The van der Waals surface area contributed by atoms with E-state index in [9.17, 15) is 5.11 Å². The van der Waals surface area contributed by atoms with E-state index in [1.807, 2.05) is 26.0 Å². The zero-order valence-corrected chi connectivity index (χ0v) is 13.1. The van der Waals surface area contributed by atoms with E-state index in [4.69, 9.17) is 4.74 Å². The van der Waals surface area contributed by atoms with Gasteiger partial charge in [-0.15, -0.1) is 0 Å². The summed E-state index contributed by atoms with van der Waals surface area (Å²) in [6, 6.07) is 6.02. The molecule has 1 aromatic heterocycles. The van der Waals surface area contributed by atoms with Crippen LogP contribution in [0.25, 0.3) is 11.0 Å². The van der Waals surface area contributed by atoms with Crippen LogP contribution < -0.4 is 0 Å². The van der Waals surface area contributed by atoms with Crippen LogP contribution in [0.5, 0.6) is 0 Å². The fraction of sp³-hybridized carbons (Fsp3) is 0.500. The van der Waals surface area contributed by atoms with E-state index >= 15 is 0 Å². The molecule has 104 valence electrons. The normalized spacial score (nSPS) is 12.3. The molecule has 0 fully saturated rings. The van der Waals surface area contributed by atoms with Gasteiger partial charge in [-0.25, -0.2) is 4.98 Å². The Morgan fingerprint density at radius 3 is 2.79 bits per heavy atom. The van der Waals surface area contributed by atoms with Crippen molar-refractivity contribution in [2.24, 2.45) is 5.41 Å². The minimum absolute atomic E-state index is 0.132. The number of halogens is 1. The minimum Gasteiger partial charge on any atom is -0.396 e. The van der Waals surface area contributed by atoms with Crippen LogP contribution >= 0.6 is 15.9 Å². The van der Waals surface area contributed by atoms with E-state index in [1.165, 1.54) is 0 Å². The number of ether oxygens (including phenoxy) is 1. The molecule has 1 heterocycles. The van der Waals surface area contributed by atoms with Gasteiger partial charge < -0.3 is 14.4 Å². The van der Waals surface area contributed by atoms with E-state index in [0.717, 1.165) is 21.3 Å². The highest BCUT2D eigenvalue weighted by atomic mass is 79.9. The number of aliphatic hydroxyl groups excluding tert-OH is 1. The van der Waals surface area contributed by atoms with Crippen LogP contribution in [0.3, 0.4) is 0 Å². The summed E-state index contributed by atoms with van der Waals surface area (Å²) in [4.78, 5) is 4.60. The minimum atomic E-state index is -0.196. The predicted octanol–water partition coefficient (Wildman–Crippen LogP) is 2.96. The SMILES string of the molecule is COCc1nc2ccc(Br)cc2n1CC(C)(C)CO. The number of aliphatic hydroxyl groups is 1. The Balaban J connectivity index is 2.53. The molecular weight excluding hydrogens is 308 g/mol. The lowest BCUT2D eigenvalue weighted by Crippen LogP contribution is -2.25. The third-order valence-electron chi connectivity index (χ3n) is 3.08. The van der Waals surface area contributed by atoms with Crippen LogP contribution in [0.1, 0.15) is 19.7 Å². The molecule has 1 aromatic carbocycles. The molecule has 0 aliphatic heterocycles. The van der Waals surface area contributed by atoms with Crippen molar-refractivity contribution in [1.29, 1.82) is 0 Å². The van der Waals surface area contributed by atoms with Crippen molar-refractivity contribution in [3.63, 3.8) is 0 Å². The molecule has 19 heavy (non-hydrogen) atoms. The van der Waals surface area contributed by atoms with Gasteiger partial charge >= 0.3 is 0 Å². The number of benzene rings is 1. The third-order valence-corrected chi connectivity index (χ3v) is 3.57. The first kappa shape index (κ1) is 14.5. The molecule has 0 unspecified atom stereocenters. The molecule has 0 aliphatic carbocycles. The van der Waals surface area contributed by atoms with Crippen molar-refractivity contribution < 1.29 is 9.84 Å². The van der Waals surface area contributed by atoms with E-state index in [2.05, 4.69) is 31.5 Å². The molecule has 0 bridgehead atoms. The smallest absolute Gasteiger partial charge is 0.135 e. The Morgan fingerprint density at radius 2 is 2.16 bits per heavy atom. The standard InChI is InChI=1S/C14H19BrN2O2/c1-14(2,9-18)8-17-12-6-10(15)4-5-11(12)16-13(17)7-19-3/h4-6,18H,7-9H2,1-3H3. The lowest BCUT2D eigenvalue weighted by molar-refractivity contribution is 0.133. The summed E-state index contributed by atoms with van der Waals surface area (Å²) in [6.45, 7) is 5.37. The summed E-state index contributed by atoms with van der Waals surface area (Å²) < 4.78 is 8.36. The molecule has 0 spiro atoms. The molecule has 0 aliphatic rings. The third kappa shape index (κ3) is 3.16. The van der Waals surface area contributed by atoms with Crippen LogP contribution in [-0.4, -0.2) is 28.4 Å². The summed E-state index contributed by atoms with van der Waals surface area (Å²) in [7, 11) is 1.66. The summed E-state index contributed by atoms with van der Waals surface area (Å²) in [5, 5.41) is 9.47. The highest BCUT2D eigenvalue weighted by molar-refractivity contribution is 9.10. The Labute approximate surface area is 121 Å². The van der Waals surface area contributed by atoms with Gasteiger partial charge in [-0.05, 0) is 18.2 Å². The van der Waals surface area contributed by atoms with Gasteiger partial charge in [-0.2, -0.15) is 0 Å². The Hall–Kier alpha value is -0.910. The molecule has 0 saturated heterocycles. The number of nitrogens with zero attached hydrogens (tertiary/aromatic N) is 2. The number of rotatable bonds is 5. The van der Waals surface area contributed by atoms with Crippen LogP contribution in [0, 0.1) is 5.41 Å². The lowest BCUT2D eigenvalue weighted by atomic mass is 9.95. The second kappa shape index (κ2) is 5.61. The second-order valence-electron chi connectivity index (χ2n) is 5.50. The van der Waals surface area contributed by atoms with Crippen LogP contribution in [0.15, 0.2) is 22.7 Å². The van der Waals surface area contributed by atoms with Crippen molar-refractivity contribution in [2.75, 3.05) is 13.7 Å². The van der Waals surface area contributed by atoms with E-state index in [-0.39, 0.29) is 12.0 Å². The maximum atomic E-state index is 9.47. The first-order valence-corrected chi connectivity index (χ1v) is 7.00. The highest BCUT2D eigenvalue weighted by Gasteiger charge is 2.21. The zero-order chi connectivity index (χ0) is 14.0. The first-order valence-electron chi connectivity index (χ1n) is 6.21. The summed E-state index contributed by atoms with van der Waals surface area (Å²) >= 11 is 3.49. The molecule has 2 aromatic rings. The number of hydrogen-bond acceptors (Lipinski definition) is 3. The van der Waals surface area contributed by atoms with Gasteiger partial charge in [0.25, 0.3) is 0 Å². The average molecular weight is 327 g/mol. The van der Waals surface area contributed by atoms with Crippen LogP contribution in [-0.2, 0) is 17.9 Å². The van der Waals surface area contributed by atoms with Crippen molar-refractivity contribution in [3.05, 3.63) is 28.5 Å². The molecule has 0 amide bonds. The van der Waals surface area contributed by atoms with Gasteiger partial charge in [-0.3, -0.25) is 0 Å². The monoisotopic (exact) mass is 326 g/mol. The van der Waals surface area contributed by atoms with Gasteiger partial charge in [0, 0.05) is 30.1 Å². The summed E-state index contributed by atoms with van der Waals surface area (Å²) in [5.74, 6) is 0.886. The molecule has 5 heteroatoms. The van der Waals surface area contributed by atoms with E-state index in [1.54, 1.807) is 7.11 Å². The van der Waals surface area contributed by atoms with Gasteiger partial charge in [0.1, 0.15) is 12.4 Å². The van der Waals surface area contributed by atoms with E-state index < -0.39 is 0 Å². The molecule has 0 radical (unpaired) electrons. The van der Waals surface area contributed by atoms with Crippen molar-refractivity contribution in [1.82, 2.24) is 9.55 Å². The highest BCUT2D eigenvalue weighted by Crippen LogP contribution is 2.26. The van der Waals surface area contributed by atoms with Crippen molar-refractivity contribution in [2.45, 2.75) is 27.0 Å². The molecule has 0 atom stereocenters. The maximum absolute atomic E-state index is 9.47. The fourth-order valence-electron chi connectivity index (χ4n) is 2.04. The maximum Gasteiger partial charge on any atom is 0.135 e. The van der Waals surface area contributed by atoms with Crippen LogP contribution in [0.2, 0.25) is 0 Å². The predicted molar refractivity (Wildman–Crippen MR) is 79.0 cm³/mol. The Kier molecular flexibility index (Phi) is 4.28. The van der Waals surface area contributed by atoms with Gasteiger partial charge in [-0.1, -0.05) is 29.8 Å². The van der Waals surface area contributed by atoms with Crippen molar-refractivity contribution in [3.8, 4) is 0 Å².